The summed E-state index contributed by atoms with van der Waals surface area (Å²) in [5.41, 5.74) is 8.91. The molecule has 2 N–H and O–H groups in total. The van der Waals surface area contributed by atoms with Gasteiger partial charge in [0.25, 0.3) is 0 Å². The maximum absolute atomic E-state index is 13.3. The Kier molecular flexibility index (Phi) is 4.46. The maximum atomic E-state index is 13.3. The number of halogens is 3. The van der Waals surface area contributed by atoms with Crippen molar-refractivity contribution in [2.24, 2.45) is 5.73 Å². The van der Waals surface area contributed by atoms with E-state index in [0.717, 1.165) is 16.7 Å². The Labute approximate surface area is 122 Å². The third-order valence-corrected chi connectivity index (χ3v) is 3.82. The molecule has 2 rings (SSSR count). The minimum atomic E-state index is -0.273. The molecule has 0 aliphatic carbocycles. The first-order valence-electron chi connectivity index (χ1n) is 5.93. The van der Waals surface area contributed by atoms with Crippen molar-refractivity contribution >= 4 is 23.2 Å². The Hall–Kier alpha value is -1.09. The third kappa shape index (κ3) is 3.47. The summed E-state index contributed by atoms with van der Waals surface area (Å²) in [4.78, 5) is 0. The maximum Gasteiger partial charge on any atom is 0.123 e. The van der Waals surface area contributed by atoms with Crippen molar-refractivity contribution < 1.29 is 4.39 Å². The van der Waals surface area contributed by atoms with Gasteiger partial charge >= 0.3 is 0 Å². The minimum absolute atomic E-state index is 0.270. The van der Waals surface area contributed by atoms with Crippen LogP contribution in [0.25, 0.3) is 0 Å². The second-order valence-corrected chi connectivity index (χ2v) is 5.37. The van der Waals surface area contributed by atoms with Crippen LogP contribution in [0.15, 0.2) is 36.4 Å². The van der Waals surface area contributed by atoms with Crippen LogP contribution in [0.4, 0.5) is 4.39 Å². The SMILES string of the molecule is Cc1ccc(F)cc1C(N)Cc1ccc(Cl)c(Cl)c1. The number of nitrogens with two attached hydrogens (primary N) is 1. The summed E-state index contributed by atoms with van der Waals surface area (Å²) >= 11 is 11.8. The Morgan fingerprint density at radius 1 is 1.11 bits per heavy atom. The van der Waals surface area contributed by atoms with E-state index < -0.39 is 0 Å². The van der Waals surface area contributed by atoms with Crippen LogP contribution in [0.3, 0.4) is 0 Å². The monoisotopic (exact) mass is 297 g/mol. The number of aryl methyl sites for hydroxylation is 1. The largest absolute Gasteiger partial charge is 0.324 e. The van der Waals surface area contributed by atoms with Crippen molar-refractivity contribution in [3.63, 3.8) is 0 Å². The highest BCUT2D eigenvalue weighted by Crippen LogP contribution is 2.26. The first kappa shape index (κ1) is 14.3. The lowest BCUT2D eigenvalue weighted by atomic mass is 9.96. The summed E-state index contributed by atoms with van der Waals surface area (Å²) < 4.78 is 13.3. The van der Waals surface area contributed by atoms with E-state index in [2.05, 4.69) is 0 Å². The van der Waals surface area contributed by atoms with E-state index in [1.54, 1.807) is 18.2 Å². The van der Waals surface area contributed by atoms with Crippen LogP contribution in [0, 0.1) is 12.7 Å². The molecule has 1 nitrogen and oxygen atoms in total. The Balaban J connectivity index is 2.22. The summed E-state index contributed by atoms with van der Waals surface area (Å²) in [5, 5.41) is 1.02. The summed E-state index contributed by atoms with van der Waals surface area (Å²) in [7, 11) is 0. The van der Waals surface area contributed by atoms with Crippen LogP contribution in [0.1, 0.15) is 22.7 Å². The third-order valence-electron chi connectivity index (χ3n) is 3.08. The molecule has 0 saturated heterocycles. The first-order chi connectivity index (χ1) is 8.97. The molecule has 0 bridgehead atoms. The predicted molar refractivity (Wildman–Crippen MR) is 78.2 cm³/mol. The van der Waals surface area contributed by atoms with Gasteiger partial charge in [-0.3, -0.25) is 0 Å². The van der Waals surface area contributed by atoms with Gasteiger partial charge in [-0.15, -0.1) is 0 Å². The minimum Gasteiger partial charge on any atom is -0.324 e. The Bertz CT molecular complexity index is 599. The topological polar surface area (TPSA) is 26.0 Å². The smallest absolute Gasteiger partial charge is 0.123 e. The van der Waals surface area contributed by atoms with Gasteiger partial charge in [-0.05, 0) is 54.3 Å². The van der Waals surface area contributed by atoms with Crippen LogP contribution in [-0.4, -0.2) is 0 Å². The summed E-state index contributed by atoms with van der Waals surface area (Å²) in [6.07, 6.45) is 0.585. The van der Waals surface area contributed by atoms with Crippen LogP contribution >= 0.6 is 23.2 Å². The fraction of sp³-hybridized carbons (Fsp3) is 0.200. The molecule has 0 saturated carbocycles. The molecule has 1 atom stereocenters. The molecule has 0 aliphatic heterocycles. The average Bonchev–Trinajstić information content (AvgIpc) is 2.36. The lowest BCUT2D eigenvalue weighted by Gasteiger charge is -2.15. The molecule has 0 aromatic heterocycles. The van der Waals surface area contributed by atoms with Gasteiger partial charge < -0.3 is 5.73 Å². The zero-order chi connectivity index (χ0) is 14.0. The van der Waals surface area contributed by atoms with Crippen molar-refractivity contribution in [3.8, 4) is 0 Å². The second kappa shape index (κ2) is 5.91. The molecule has 2 aromatic carbocycles. The summed E-state index contributed by atoms with van der Waals surface area (Å²) in [6, 6.07) is 9.79. The van der Waals surface area contributed by atoms with E-state index in [4.69, 9.17) is 28.9 Å². The Morgan fingerprint density at radius 2 is 1.84 bits per heavy atom. The zero-order valence-corrected chi connectivity index (χ0v) is 12.0. The van der Waals surface area contributed by atoms with Crippen molar-refractivity contribution in [3.05, 3.63) is 69.0 Å². The second-order valence-electron chi connectivity index (χ2n) is 4.56. The van der Waals surface area contributed by atoms with Crippen molar-refractivity contribution in [2.45, 2.75) is 19.4 Å². The molecule has 1 unspecified atom stereocenters. The van der Waals surface area contributed by atoms with Gasteiger partial charge in [0.1, 0.15) is 5.82 Å². The molecule has 0 fully saturated rings. The van der Waals surface area contributed by atoms with Gasteiger partial charge in [0.05, 0.1) is 10.0 Å². The number of hydrogen-bond donors (Lipinski definition) is 1. The molecule has 100 valence electrons. The van der Waals surface area contributed by atoms with Gasteiger partial charge in [0, 0.05) is 6.04 Å². The van der Waals surface area contributed by atoms with Crippen molar-refractivity contribution in [2.75, 3.05) is 0 Å². The normalized spacial score (nSPS) is 12.5. The highest BCUT2D eigenvalue weighted by atomic mass is 35.5. The molecule has 0 aliphatic rings. The van der Waals surface area contributed by atoms with Crippen molar-refractivity contribution in [1.29, 1.82) is 0 Å². The number of hydrogen-bond acceptors (Lipinski definition) is 1. The predicted octanol–water partition coefficient (Wildman–Crippen LogP) is 4.68. The summed E-state index contributed by atoms with van der Waals surface area (Å²) in [5.74, 6) is -0.273. The molecular formula is C15H14Cl2FN. The van der Waals surface area contributed by atoms with E-state index in [1.807, 2.05) is 13.0 Å². The van der Waals surface area contributed by atoms with Crippen LogP contribution < -0.4 is 5.73 Å². The molecule has 0 spiro atoms. The molecule has 0 radical (unpaired) electrons. The van der Waals surface area contributed by atoms with E-state index in [0.29, 0.717) is 16.5 Å². The van der Waals surface area contributed by atoms with Crippen molar-refractivity contribution in [1.82, 2.24) is 0 Å². The Morgan fingerprint density at radius 3 is 2.53 bits per heavy atom. The van der Waals surface area contributed by atoms with E-state index in [1.165, 1.54) is 12.1 Å². The molecule has 19 heavy (non-hydrogen) atoms. The average molecular weight is 298 g/mol. The number of benzene rings is 2. The van der Waals surface area contributed by atoms with E-state index >= 15 is 0 Å². The standard InChI is InChI=1S/C15H14Cl2FN/c1-9-2-4-11(18)8-12(9)15(19)7-10-3-5-13(16)14(17)6-10/h2-6,8,15H,7,19H2,1H3. The van der Waals surface area contributed by atoms with Gasteiger partial charge in [-0.2, -0.15) is 0 Å². The fourth-order valence-corrected chi connectivity index (χ4v) is 2.36. The lowest BCUT2D eigenvalue weighted by Crippen LogP contribution is -2.15. The molecule has 0 amide bonds. The number of rotatable bonds is 3. The highest BCUT2D eigenvalue weighted by molar-refractivity contribution is 6.42. The molecule has 4 heteroatoms. The van der Waals surface area contributed by atoms with Crippen LogP contribution in [0.2, 0.25) is 10.0 Å². The highest BCUT2D eigenvalue weighted by Gasteiger charge is 2.11. The van der Waals surface area contributed by atoms with Crippen LogP contribution in [0.5, 0.6) is 0 Å². The molecule has 0 heterocycles. The van der Waals surface area contributed by atoms with Gasteiger partial charge in [0.2, 0.25) is 0 Å². The zero-order valence-electron chi connectivity index (χ0n) is 10.5. The summed E-state index contributed by atoms with van der Waals surface area (Å²) in [6.45, 7) is 1.92. The quantitative estimate of drug-likeness (QED) is 0.874. The van der Waals surface area contributed by atoms with Gasteiger partial charge in [-0.1, -0.05) is 35.3 Å². The first-order valence-corrected chi connectivity index (χ1v) is 6.68. The van der Waals surface area contributed by atoms with E-state index in [-0.39, 0.29) is 11.9 Å². The molecule has 2 aromatic rings. The van der Waals surface area contributed by atoms with E-state index in [9.17, 15) is 4.39 Å². The van der Waals surface area contributed by atoms with Gasteiger partial charge in [0.15, 0.2) is 0 Å². The molecular weight excluding hydrogens is 284 g/mol. The van der Waals surface area contributed by atoms with Gasteiger partial charge in [-0.25, -0.2) is 4.39 Å². The lowest BCUT2D eigenvalue weighted by molar-refractivity contribution is 0.617. The van der Waals surface area contributed by atoms with Crippen LogP contribution in [-0.2, 0) is 6.42 Å². The fourth-order valence-electron chi connectivity index (χ4n) is 2.04.